The first kappa shape index (κ1) is 22.4. The van der Waals surface area contributed by atoms with Crippen LogP contribution in [0.15, 0.2) is 83.3 Å². The molecule has 0 amide bonds. The van der Waals surface area contributed by atoms with Crippen LogP contribution in [0.5, 0.6) is 0 Å². The number of likely N-dealkylation sites (N-methyl/N-ethyl adjacent to an activating group) is 1. The van der Waals surface area contributed by atoms with E-state index in [1.807, 2.05) is 0 Å². The summed E-state index contributed by atoms with van der Waals surface area (Å²) in [6.07, 6.45) is 24.6. The van der Waals surface area contributed by atoms with Crippen molar-refractivity contribution in [2.45, 2.75) is 51.7 Å². The molecule has 4 atom stereocenters. The summed E-state index contributed by atoms with van der Waals surface area (Å²) in [5, 5.41) is 7.07. The maximum atomic E-state index is 6.21. The second-order valence-corrected chi connectivity index (χ2v) is 8.97. The molecule has 0 saturated heterocycles. The number of rotatable bonds is 9. The Morgan fingerprint density at radius 1 is 1.34 bits per heavy atom. The van der Waals surface area contributed by atoms with Gasteiger partial charge in [0.05, 0.1) is 13.2 Å². The third-order valence-electron chi connectivity index (χ3n) is 6.64. The molecule has 1 aliphatic carbocycles. The first-order valence-corrected chi connectivity index (χ1v) is 11.9. The Balaban J connectivity index is 1.40. The summed E-state index contributed by atoms with van der Waals surface area (Å²) < 4.78 is 12.0. The van der Waals surface area contributed by atoms with Gasteiger partial charge in [0.25, 0.3) is 0 Å². The van der Waals surface area contributed by atoms with Crippen LogP contribution in [0.1, 0.15) is 39.5 Å². The second-order valence-electron chi connectivity index (χ2n) is 8.97. The Bertz CT molecular complexity index is 906. The average Bonchev–Trinajstić information content (AvgIpc) is 3.22. The second kappa shape index (κ2) is 10.2. The molecular formula is C27H37N3O2. The van der Waals surface area contributed by atoms with Gasteiger partial charge in [0.1, 0.15) is 12.8 Å². The molecule has 5 nitrogen and oxygen atoms in total. The van der Waals surface area contributed by atoms with Crippen LogP contribution in [-0.4, -0.2) is 37.9 Å². The fourth-order valence-corrected chi connectivity index (χ4v) is 4.81. The summed E-state index contributed by atoms with van der Waals surface area (Å²) in [4.78, 5) is 2.19. The number of nitrogens with zero attached hydrogens (tertiary/aromatic N) is 1. The zero-order chi connectivity index (χ0) is 22.5. The molecule has 4 unspecified atom stereocenters. The van der Waals surface area contributed by atoms with Gasteiger partial charge in [-0.05, 0) is 61.1 Å². The number of hydrogen-bond donors (Lipinski definition) is 2. The van der Waals surface area contributed by atoms with Gasteiger partial charge in [-0.2, -0.15) is 0 Å². The number of fused-ring (bicyclic) bond motifs is 1. The Hall–Kier alpha value is -2.82. The first-order chi connectivity index (χ1) is 15.6. The fraction of sp³-hybridized carbons (Fsp3) is 0.481. The average molecular weight is 436 g/mol. The summed E-state index contributed by atoms with van der Waals surface area (Å²) in [5.74, 6) is 2.41. The normalized spacial score (nSPS) is 27.9. The van der Waals surface area contributed by atoms with Crippen molar-refractivity contribution in [3.8, 4) is 0 Å². The standard InChI is InChI=1S/C27H37N3O2/c1-5-10-25(32-18-21-16-24(29-21)20-11-7-6-8-12-20)26(31-4)15-19(2)23-17-28-27-22(23)13-9-14-30(27)3/h7,9-11,13-17,19-20,24,27-29H,5-6,8,12,18H2,1-4H3/b25-10+,26-15+. The van der Waals surface area contributed by atoms with E-state index in [9.17, 15) is 0 Å². The molecule has 4 aliphatic rings. The Labute approximate surface area is 192 Å². The minimum atomic E-state index is 0.195. The van der Waals surface area contributed by atoms with Gasteiger partial charge in [-0.15, -0.1) is 0 Å². The van der Waals surface area contributed by atoms with Crippen molar-refractivity contribution < 1.29 is 9.47 Å². The van der Waals surface area contributed by atoms with Crippen molar-refractivity contribution in [1.82, 2.24) is 15.5 Å². The lowest BCUT2D eigenvalue weighted by Gasteiger charge is -2.34. The number of hydrogen-bond acceptors (Lipinski definition) is 5. The van der Waals surface area contributed by atoms with Gasteiger partial charge in [0, 0.05) is 37.0 Å². The molecule has 3 heterocycles. The summed E-state index contributed by atoms with van der Waals surface area (Å²) in [7, 11) is 3.81. The largest absolute Gasteiger partial charge is 0.493 e. The van der Waals surface area contributed by atoms with Crippen LogP contribution in [0.2, 0.25) is 0 Å². The highest BCUT2D eigenvalue weighted by Gasteiger charge is 2.29. The lowest BCUT2D eigenvalue weighted by molar-refractivity contribution is 0.182. The summed E-state index contributed by atoms with van der Waals surface area (Å²) in [6.45, 7) is 4.87. The van der Waals surface area contributed by atoms with E-state index in [2.05, 4.69) is 91.4 Å². The number of methoxy groups -OCH3 is 1. The van der Waals surface area contributed by atoms with Gasteiger partial charge >= 0.3 is 0 Å². The molecule has 0 aromatic carbocycles. The maximum Gasteiger partial charge on any atom is 0.157 e. The minimum Gasteiger partial charge on any atom is -0.493 e. The molecule has 0 spiro atoms. The lowest BCUT2D eigenvalue weighted by Crippen LogP contribution is -2.43. The van der Waals surface area contributed by atoms with Crippen molar-refractivity contribution in [3.63, 3.8) is 0 Å². The van der Waals surface area contributed by atoms with Gasteiger partial charge in [0.15, 0.2) is 11.5 Å². The number of ether oxygens (including phenoxy) is 2. The van der Waals surface area contributed by atoms with E-state index in [0.29, 0.717) is 18.6 Å². The van der Waals surface area contributed by atoms with Gasteiger partial charge < -0.3 is 25.0 Å². The Kier molecular flexibility index (Phi) is 7.13. The monoisotopic (exact) mass is 435 g/mol. The van der Waals surface area contributed by atoms with E-state index in [1.54, 1.807) is 7.11 Å². The lowest BCUT2D eigenvalue weighted by atomic mass is 9.86. The quantitative estimate of drug-likeness (QED) is 0.307. The van der Waals surface area contributed by atoms with Gasteiger partial charge in [0.2, 0.25) is 0 Å². The van der Waals surface area contributed by atoms with Crippen molar-refractivity contribution in [3.05, 3.63) is 83.3 Å². The predicted molar refractivity (Wildman–Crippen MR) is 130 cm³/mol. The number of allylic oxidation sites excluding steroid dienone is 5. The molecule has 0 aromatic heterocycles. The third-order valence-corrected chi connectivity index (χ3v) is 6.64. The van der Waals surface area contributed by atoms with Crippen molar-refractivity contribution in [1.29, 1.82) is 0 Å². The van der Waals surface area contributed by atoms with Crippen LogP contribution in [0.3, 0.4) is 0 Å². The van der Waals surface area contributed by atoms with E-state index in [0.717, 1.165) is 23.6 Å². The molecular weight excluding hydrogens is 398 g/mol. The van der Waals surface area contributed by atoms with Crippen molar-refractivity contribution in [2.75, 3.05) is 20.8 Å². The summed E-state index contributed by atoms with van der Waals surface area (Å²) in [6, 6.07) is 0.451. The highest BCUT2D eigenvalue weighted by Crippen LogP contribution is 2.33. The van der Waals surface area contributed by atoms with Crippen molar-refractivity contribution >= 4 is 0 Å². The maximum absolute atomic E-state index is 6.21. The third kappa shape index (κ3) is 4.82. The van der Waals surface area contributed by atoms with Crippen LogP contribution in [-0.2, 0) is 9.47 Å². The van der Waals surface area contributed by atoms with Crippen LogP contribution >= 0.6 is 0 Å². The highest BCUT2D eigenvalue weighted by atomic mass is 16.5. The Morgan fingerprint density at radius 2 is 2.19 bits per heavy atom. The van der Waals surface area contributed by atoms with Gasteiger partial charge in [-0.25, -0.2) is 0 Å². The first-order valence-electron chi connectivity index (χ1n) is 11.9. The van der Waals surface area contributed by atoms with E-state index in [-0.39, 0.29) is 12.1 Å². The zero-order valence-electron chi connectivity index (χ0n) is 19.8. The van der Waals surface area contributed by atoms with Gasteiger partial charge in [-0.1, -0.05) is 32.1 Å². The van der Waals surface area contributed by atoms with Crippen LogP contribution in [0, 0.1) is 11.8 Å². The van der Waals surface area contributed by atoms with Gasteiger partial charge in [-0.3, -0.25) is 0 Å². The van der Waals surface area contributed by atoms with Crippen molar-refractivity contribution in [2.24, 2.45) is 11.8 Å². The molecule has 172 valence electrons. The molecule has 0 fully saturated rings. The zero-order valence-corrected chi connectivity index (χ0v) is 19.8. The molecule has 32 heavy (non-hydrogen) atoms. The van der Waals surface area contributed by atoms with Crippen LogP contribution in [0.25, 0.3) is 0 Å². The summed E-state index contributed by atoms with van der Waals surface area (Å²) in [5.41, 5.74) is 3.75. The van der Waals surface area contributed by atoms with E-state index in [1.165, 1.54) is 30.4 Å². The minimum absolute atomic E-state index is 0.195. The molecule has 0 radical (unpaired) electrons. The number of nitrogens with one attached hydrogen (secondary N) is 2. The van der Waals surface area contributed by atoms with E-state index < -0.39 is 0 Å². The molecule has 5 heteroatoms. The molecule has 0 aromatic rings. The van der Waals surface area contributed by atoms with Crippen LogP contribution in [0.4, 0.5) is 0 Å². The van der Waals surface area contributed by atoms with E-state index in [4.69, 9.17) is 9.47 Å². The topological polar surface area (TPSA) is 45.8 Å². The van der Waals surface area contributed by atoms with E-state index >= 15 is 0 Å². The smallest absolute Gasteiger partial charge is 0.157 e. The molecule has 0 saturated carbocycles. The molecule has 4 rings (SSSR count). The predicted octanol–water partition coefficient (Wildman–Crippen LogP) is 4.87. The Morgan fingerprint density at radius 3 is 2.91 bits per heavy atom. The molecule has 0 bridgehead atoms. The molecule has 3 aliphatic heterocycles. The summed E-state index contributed by atoms with van der Waals surface area (Å²) >= 11 is 0. The van der Waals surface area contributed by atoms with Crippen LogP contribution < -0.4 is 10.6 Å². The molecule has 2 N–H and O–H groups in total. The highest BCUT2D eigenvalue weighted by molar-refractivity contribution is 5.47. The fourth-order valence-electron chi connectivity index (χ4n) is 4.81. The SMILES string of the molecule is CC/C=C(OCC1=CC(C2C=CCCC2)N1)\C(=C/C(C)C1=CNC2C1=CC=CN2C)OC.